The van der Waals surface area contributed by atoms with Gasteiger partial charge in [-0.1, -0.05) is 56.9 Å². The minimum atomic E-state index is -0.488. The standard InChI is InChI=1S/C44H74N18O5/c1-6-25-65-27-29-67-30-28-66-26-16-49-42-50-43(59-21-17-57(18-22-59)39(63)37(33(4)7-2)61-31-35(53-55-61)12-9-10-14-45)52-44(51-42)60-23-19-58(20-24-60)40(64)38(34(5)8-3)62-32-36(54-56-62)13-11-15-48-41(46)47/h1,31-34,37-38H,7-30,45H2,2-5H3,(H4,46,47,48)(H,49,50,51,52)/p+2/t33-,34-,37-,38-/m0/s1. The second-order valence-electron chi connectivity index (χ2n) is 17.1. The molecule has 3 aromatic heterocycles. The second-order valence-corrected chi connectivity index (χ2v) is 17.1. The Morgan fingerprint density at radius 2 is 1.24 bits per heavy atom. The van der Waals surface area contributed by atoms with E-state index in [9.17, 15) is 9.59 Å². The highest BCUT2D eigenvalue weighted by Gasteiger charge is 2.36. The quantitative estimate of drug-likeness (QED) is 0.0215. The summed E-state index contributed by atoms with van der Waals surface area (Å²) in [5.74, 6) is 4.21. The number of guanidine groups is 1. The molecule has 2 saturated heterocycles. The number of nitrogens with zero attached hydrogens (tertiary/aromatic N) is 13. The summed E-state index contributed by atoms with van der Waals surface area (Å²) in [6.45, 7) is 16.7. The number of nitrogens with one attached hydrogen (secondary N) is 2. The fourth-order valence-electron chi connectivity index (χ4n) is 7.94. The number of quaternary nitrogens is 1. The number of ether oxygens (including phenoxy) is 3. The van der Waals surface area contributed by atoms with Gasteiger partial charge < -0.3 is 44.9 Å². The van der Waals surface area contributed by atoms with Crippen molar-refractivity contribution in [3.8, 4) is 12.3 Å². The summed E-state index contributed by atoms with van der Waals surface area (Å²) in [6, 6.07) is -0.931. The lowest BCUT2D eigenvalue weighted by molar-refractivity contribution is -0.459. The average molecular weight is 937 g/mol. The normalized spacial score (nSPS) is 16.1. The molecule has 2 fully saturated rings. The molecule has 0 bridgehead atoms. The zero-order valence-corrected chi connectivity index (χ0v) is 40.2. The fraction of sp³-hybridized carbons (Fsp3) is 0.727. The molecule has 0 aliphatic carbocycles. The lowest BCUT2D eigenvalue weighted by Gasteiger charge is -2.38. The van der Waals surface area contributed by atoms with Crippen LogP contribution in [0.5, 0.6) is 0 Å². The largest absolute Gasteiger partial charge is 0.377 e. The molecule has 2 aliphatic rings. The van der Waals surface area contributed by atoms with Crippen LogP contribution in [0.25, 0.3) is 0 Å². The predicted octanol–water partition coefficient (Wildman–Crippen LogP) is -2.13. The Morgan fingerprint density at radius 3 is 1.72 bits per heavy atom. The number of carbonyl (C=O) groups is 2. The molecule has 0 radical (unpaired) electrons. The average Bonchev–Trinajstić information content (AvgIpc) is 4.02. The van der Waals surface area contributed by atoms with Gasteiger partial charge in [0.05, 0.1) is 57.5 Å². The van der Waals surface area contributed by atoms with Gasteiger partial charge in [0.15, 0.2) is 0 Å². The molecule has 5 rings (SSSR count). The summed E-state index contributed by atoms with van der Waals surface area (Å²) in [4.78, 5) is 54.1. The van der Waals surface area contributed by atoms with E-state index >= 15 is 0 Å². The third-order valence-corrected chi connectivity index (χ3v) is 12.2. The van der Waals surface area contributed by atoms with Crippen molar-refractivity contribution in [1.82, 2.24) is 54.7 Å². The molecule has 2 amide bonds. The Labute approximate surface area is 394 Å². The number of hydrogen-bond acceptors (Lipinski definition) is 15. The molecule has 3 aromatic rings. The Hall–Kier alpha value is -5.70. The van der Waals surface area contributed by atoms with Crippen LogP contribution in [-0.4, -0.2) is 184 Å². The number of amides is 2. The van der Waals surface area contributed by atoms with Gasteiger partial charge in [-0.05, 0) is 43.9 Å². The molecule has 0 aromatic carbocycles. The van der Waals surface area contributed by atoms with Crippen molar-refractivity contribution in [1.29, 1.82) is 0 Å². The van der Waals surface area contributed by atoms with Gasteiger partial charge >= 0.3 is 5.96 Å². The Bertz CT molecular complexity index is 2000. The summed E-state index contributed by atoms with van der Waals surface area (Å²) < 4.78 is 20.0. The number of rotatable bonds is 29. The zero-order chi connectivity index (χ0) is 48.0. The number of terminal acetylenes is 1. The highest BCUT2D eigenvalue weighted by atomic mass is 16.5. The summed E-state index contributed by atoms with van der Waals surface area (Å²) in [5.41, 5.74) is 16.7. The van der Waals surface area contributed by atoms with Gasteiger partial charge in [0, 0.05) is 71.3 Å². The molecule has 0 spiro atoms. The van der Waals surface area contributed by atoms with Crippen LogP contribution in [0, 0.1) is 24.2 Å². The van der Waals surface area contributed by atoms with Gasteiger partial charge in [0.2, 0.25) is 29.7 Å². The van der Waals surface area contributed by atoms with Crippen LogP contribution in [0.1, 0.15) is 83.3 Å². The molecular formula is C44H76N18O5+2. The van der Waals surface area contributed by atoms with E-state index < -0.39 is 12.1 Å². The van der Waals surface area contributed by atoms with Crippen LogP contribution in [0.2, 0.25) is 0 Å². The molecule has 23 heteroatoms. The maximum absolute atomic E-state index is 14.2. The van der Waals surface area contributed by atoms with Crippen molar-refractivity contribution in [3.63, 3.8) is 0 Å². The van der Waals surface area contributed by atoms with Crippen LogP contribution in [0.3, 0.4) is 0 Å². The van der Waals surface area contributed by atoms with Crippen molar-refractivity contribution >= 4 is 35.6 Å². The summed E-state index contributed by atoms with van der Waals surface area (Å²) in [6.07, 6.45) is 14.9. The predicted molar refractivity (Wildman–Crippen MR) is 252 cm³/mol. The first-order chi connectivity index (χ1) is 32.6. The maximum Gasteiger partial charge on any atom is 0.338 e. The Balaban J connectivity index is 1.24. The SMILES string of the molecule is C#CCOCCOCCOCCNc1nc(N2CCN(C(=O)[C@H]([C@@H](C)CC)n3cc(CCCC[NH3+])nn3)CC2)nc(N2CCN(C(=O)[C@H]([C@@H](C)CC)n3cc(CCC[NH+]=C(N)N)nn3)CC2)n1. The van der Waals surface area contributed by atoms with E-state index in [1.165, 1.54) is 0 Å². The van der Waals surface area contributed by atoms with E-state index in [4.69, 9.17) is 47.1 Å². The van der Waals surface area contributed by atoms with Gasteiger partial charge in [-0.25, -0.2) is 9.36 Å². The third kappa shape index (κ3) is 16.0. The zero-order valence-electron chi connectivity index (χ0n) is 40.2. The maximum atomic E-state index is 14.2. The molecule has 5 heterocycles. The molecule has 67 heavy (non-hydrogen) atoms. The summed E-state index contributed by atoms with van der Waals surface area (Å²) in [7, 11) is 0. The van der Waals surface area contributed by atoms with Gasteiger partial charge in [-0.2, -0.15) is 15.0 Å². The van der Waals surface area contributed by atoms with Crippen LogP contribution in [0.4, 0.5) is 17.8 Å². The highest BCUT2D eigenvalue weighted by molar-refractivity contribution is 5.81. The van der Waals surface area contributed by atoms with Crippen molar-refractivity contribution in [2.45, 2.75) is 84.7 Å². The molecule has 0 unspecified atom stereocenters. The number of nitrogens with two attached hydrogens (primary N) is 2. The highest BCUT2D eigenvalue weighted by Crippen LogP contribution is 2.27. The minimum Gasteiger partial charge on any atom is -0.377 e. The smallest absolute Gasteiger partial charge is 0.338 e. The van der Waals surface area contributed by atoms with Crippen molar-refractivity contribution in [3.05, 3.63) is 23.8 Å². The lowest BCUT2D eigenvalue weighted by Crippen LogP contribution is -2.78. The first-order valence-electron chi connectivity index (χ1n) is 24.0. The summed E-state index contributed by atoms with van der Waals surface area (Å²) in [5, 5.41) is 20.9. The van der Waals surface area contributed by atoms with Gasteiger partial charge in [0.1, 0.15) is 18.7 Å². The Morgan fingerprint density at radius 1 is 0.746 bits per heavy atom. The molecule has 2 aliphatic heterocycles. The number of aromatic nitrogens is 9. The van der Waals surface area contributed by atoms with Gasteiger partial charge in [-0.3, -0.25) is 26.0 Å². The van der Waals surface area contributed by atoms with E-state index in [-0.39, 0.29) is 36.2 Å². The number of hydrogen-bond donors (Lipinski definition) is 5. The van der Waals surface area contributed by atoms with Crippen molar-refractivity contribution in [2.24, 2.45) is 23.3 Å². The van der Waals surface area contributed by atoms with Gasteiger partial charge in [0.25, 0.3) is 0 Å². The Kier molecular flexibility index (Phi) is 21.7. The van der Waals surface area contributed by atoms with Gasteiger partial charge in [-0.15, -0.1) is 16.6 Å². The van der Waals surface area contributed by atoms with E-state index in [1.807, 2.05) is 22.2 Å². The third-order valence-electron chi connectivity index (χ3n) is 12.2. The lowest BCUT2D eigenvalue weighted by atomic mass is 9.97. The van der Waals surface area contributed by atoms with E-state index in [0.29, 0.717) is 123 Å². The van der Waals surface area contributed by atoms with Crippen LogP contribution in [0.15, 0.2) is 12.4 Å². The molecule has 0 saturated carbocycles. The molecule has 23 nitrogen and oxygen atoms in total. The summed E-state index contributed by atoms with van der Waals surface area (Å²) >= 11 is 0. The monoisotopic (exact) mass is 937 g/mol. The number of anilines is 3. The molecule has 4 atom stereocenters. The number of carbonyl (C=O) groups excluding carboxylic acids is 2. The molecule has 370 valence electrons. The van der Waals surface area contributed by atoms with E-state index in [2.05, 4.69) is 80.1 Å². The number of piperazine rings is 2. The minimum absolute atomic E-state index is 0.0101. The van der Waals surface area contributed by atoms with E-state index in [0.717, 1.165) is 56.5 Å². The van der Waals surface area contributed by atoms with Crippen LogP contribution in [-0.2, 0) is 36.6 Å². The second kappa shape index (κ2) is 27.8. The molecule has 9 N–H and O–H groups in total. The van der Waals surface area contributed by atoms with Crippen LogP contribution < -0.4 is 37.3 Å². The van der Waals surface area contributed by atoms with E-state index in [1.54, 1.807) is 9.36 Å². The fourth-order valence-corrected chi connectivity index (χ4v) is 7.94. The topological polar surface area (TPSA) is 281 Å². The molecular weight excluding hydrogens is 861 g/mol. The number of aryl methyl sites for hydroxylation is 2. The number of unbranched alkanes of at least 4 members (excludes halogenated alkanes) is 1. The first-order valence-corrected chi connectivity index (χ1v) is 24.0. The van der Waals surface area contributed by atoms with Crippen LogP contribution >= 0.6 is 0 Å². The first kappa shape index (κ1) is 52.3. The van der Waals surface area contributed by atoms with Crippen molar-refractivity contribution in [2.75, 3.05) is 127 Å². The van der Waals surface area contributed by atoms with Crippen molar-refractivity contribution < 1.29 is 34.5 Å².